The van der Waals surface area contributed by atoms with E-state index in [9.17, 15) is 4.39 Å². The predicted octanol–water partition coefficient (Wildman–Crippen LogP) is 3.86. The number of hydrogen-bond acceptors (Lipinski definition) is 2. The van der Waals surface area contributed by atoms with Gasteiger partial charge in [-0.2, -0.15) is 0 Å². The van der Waals surface area contributed by atoms with Crippen molar-refractivity contribution in [3.8, 4) is 0 Å². The lowest BCUT2D eigenvalue weighted by Crippen LogP contribution is -2.08. The maximum Gasteiger partial charge on any atom is 0.225 e. The van der Waals surface area contributed by atoms with E-state index in [1.54, 1.807) is 13.8 Å². The van der Waals surface area contributed by atoms with Crippen LogP contribution in [0.4, 0.5) is 4.39 Å². The normalized spacial score (nSPS) is 11.3. The van der Waals surface area contributed by atoms with E-state index in [0.29, 0.717) is 23.0 Å². The highest BCUT2D eigenvalue weighted by molar-refractivity contribution is 6.28. The highest BCUT2D eigenvalue weighted by atomic mass is 35.5. The summed E-state index contributed by atoms with van der Waals surface area (Å²) in [5.41, 5.74) is 2.29. The van der Waals surface area contributed by atoms with Gasteiger partial charge in [0.1, 0.15) is 11.6 Å². The van der Waals surface area contributed by atoms with E-state index in [0.717, 1.165) is 11.4 Å². The lowest BCUT2D eigenvalue weighted by Gasteiger charge is -2.12. The van der Waals surface area contributed by atoms with E-state index in [1.807, 2.05) is 30.5 Å². The Morgan fingerprint density at radius 3 is 2.32 bits per heavy atom. The van der Waals surface area contributed by atoms with E-state index in [4.69, 9.17) is 11.6 Å². The molecular weight excluding hydrogens is 265 g/mol. The van der Waals surface area contributed by atoms with E-state index >= 15 is 0 Å². The molecule has 0 N–H and O–H groups in total. The summed E-state index contributed by atoms with van der Waals surface area (Å²) in [7, 11) is 0. The molecule has 102 valence electrons. The molecule has 0 radical (unpaired) electrons. The van der Waals surface area contributed by atoms with Crippen LogP contribution in [0.3, 0.4) is 0 Å². The number of benzene rings is 1. The Kier molecular flexibility index (Phi) is 3.90. The lowest BCUT2D eigenvalue weighted by atomic mass is 10.1. The van der Waals surface area contributed by atoms with Gasteiger partial charge >= 0.3 is 0 Å². The third kappa shape index (κ3) is 2.78. The fraction of sp³-hybridized carbons (Fsp3) is 0.429. The molecule has 0 saturated heterocycles. The minimum Gasteiger partial charge on any atom is -0.297 e. The van der Waals surface area contributed by atoms with Crippen LogP contribution in [0.2, 0.25) is 5.28 Å². The number of nitrogens with zero attached hydrogens (tertiary/aromatic N) is 3. The third-order valence-electron chi connectivity index (χ3n) is 3.09. The molecule has 0 atom stereocenters. The third-order valence-corrected chi connectivity index (χ3v) is 3.37. The van der Waals surface area contributed by atoms with Gasteiger partial charge in [-0.05, 0) is 42.1 Å². The first kappa shape index (κ1) is 14.0. The second-order valence-corrected chi connectivity index (χ2v) is 5.45. The number of halogens is 2. The molecule has 0 aliphatic carbocycles. The second-order valence-electron chi connectivity index (χ2n) is 5.11. The number of hydrogen-bond donors (Lipinski definition) is 0. The van der Waals surface area contributed by atoms with Crippen LogP contribution in [0.5, 0.6) is 0 Å². The minimum atomic E-state index is -0.150. The zero-order valence-electron chi connectivity index (χ0n) is 11.5. The maximum atomic E-state index is 13.6. The van der Waals surface area contributed by atoms with Crippen LogP contribution < -0.4 is 0 Å². The molecular formula is C14H17ClFN3. The van der Waals surface area contributed by atoms with Gasteiger partial charge in [0.2, 0.25) is 5.28 Å². The molecule has 1 aromatic carbocycles. The van der Waals surface area contributed by atoms with Crippen molar-refractivity contribution in [3.63, 3.8) is 0 Å². The summed E-state index contributed by atoms with van der Waals surface area (Å²) >= 11 is 6.07. The van der Waals surface area contributed by atoms with Crippen LogP contribution in [0, 0.1) is 19.7 Å². The molecule has 0 spiro atoms. The van der Waals surface area contributed by atoms with Crippen molar-refractivity contribution in [2.75, 3.05) is 0 Å². The van der Waals surface area contributed by atoms with Gasteiger partial charge in [0, 0.05) is 5.92 Å². The van der Waals surface area contributed by atoms with Gasteiger partial charge in [-0.1, -0.05) is 26.0 Å². The average molecular weight is 282 g/mol. The zero-order chi connectivity index (χ0) is 14.2. The molecule has 5 heteroatoms. The van der Waals surface area contributed by atoms with Crippen LogP contribution in [-0.2, 0) is 6.54 Å². The lowest BCUT2D eigenvalue weighted by molar-refractivity contribution is 0.606. The van der Waals surface area contributed by atoms with Crippen LogP contribution in [0.25, 0.3) is 0 Å². The van der Waals surface area contributed by atoms with E-state index < -0.39 is 0 Å². The van der Waals surface area contributed by atoms with Crippen molar-refractivity contribution in [1.82, 2.24) is 14.8 Å². The van der Waals surface area contributed by atoms with Crippen LogP contribution in [0.15, 0.2) is 12.1 Å². The molecule has 0 saturated carbocycles. The van der Waals surface area contributed by atoms with Crippen molar-refractivity contribution in [2.24, 2.45) is 0 Å². The summed E-state index contributed by atoms with van der Waals surface area (Å²) < 4.78 is 15.5. The molecule has 0 aliphatic rings. The van der Waals surface area contributed by atoms with E-state index in [2.05, 4.69) is 10.2 Å². The standard InChI is InChI=1S/C14H17ClFN3/c1-8(2)13-17-18-14(15)19(13)7-11-5-9(3)12(16)10(4)6-11/h5-6,8H,7H2,1-4H3. The number of aryl methyl sites for hydroxylation is 2. The van der Waals surface area contributed by atoms with Crippen molar-refractivity contribution >= 4 is 11.6 Å². The molecule has 1 heterocycles. The largest absolute Gasteiger partial charge is 0.297 e. The number of aromatic nitrogens is 3. The topological polar surface area (TPSA) is 30.7 Å². The summed E-state index contributed by atoms with van der Waals surface area (Å²) in [4.78, 5) is 0. The number of rotatable bonds is 3. The smallest absolute Gasteiger partial charge is 0.225 e. The summed E-state index contributed by atoms with van der Waals surface area (Å²) in [6.07, 6.45) is 0. The molecule has 3 nitrogen and oxygen atoms in total. The zero-order valence-corrected chi connectivity index (χ0v) is 12.3. The van der Waals surface area contributed by atoms with E-state index in [1.165, 1.54) is 0 Å². The second kappa shape index (κ2) is 5.29. The first-order valence-electron chi connectivity index (χ1n) is 6.24. The Hall–Kier alpha value is -1.42. The Balaban J connectivity index is 2.39. The van der Waals surface area contributed by atoms with Crippen molar-refractivity contribution in [2.45, 2.75) is 40.2 Å². The Morgan fingerprint density at radius 1 is 1.21 bits per heavy atom. The van der Waals surface area contributed by atoms with Gasteiger partial charge in [-0.15, -0.1) is 10.2 Å². The quantitative estimate of drug-likeness (QED) is 0.855. The summed E-state index contributed by atoms with van der Waals surface area (Å²) in [6.45, 7) is 8.17. The predicted molar refractivity (Wildman–Crippen MR) is 74.1 cm³/mol. The Labute approximate surface area is 117 Å². The van der Waals surface area contributed by atoms with Gasteiger partial charge in [0.15, 0.2) is 0 Å². The molecule has 0 aliphatic heterocycles. The van der Waals surface area contributed by atoms with Gasteiger partial charge in [0.05, 0.1) is 6.54 Å². The van der Waals surface area contributed by atoms with E-state index in [-0.39, 0.29) is 11.7 Å². The molecule has 2 rings (SSSR count). The van der Waals surface area contributed by atoms with Crippen LogP contribution >= 0.6 is 11.6 Å². The van der Waals surface area contributed by atoms with Crippen molar-refractivity contribution in [1.29, 1.82) is 0 Å². The highest BCUT2D eigenvalue weighted by Crippen LogP contribution is 2.21. The molecule has 0 unspecified atom stereocenters. The fourth-order valence-corrected chi connectivity index (χ4v) is 2.36. The Bertz CT molecular complexity index is 582. The van der Waals surface area contributed by atoms with Gasteiger partial charge in [-0.25, -0.2) is 4.39 Å². The van der Waals surface area contributed by atoms with Gasteiger partial charge in [-0.3, -0.25) is 4.57 Å². The summed E-state index contributed by atoms with van der Waals surface area (Å²) in [6, 6.07) is 3.67. The van der Waals surface area contributed by atoms with Crippen LogP contribution in [-0.4, -0.2) is 14.8 Å². The highest BCUT2D eigenvalue weighted by Gasteiger charge is 2.14. The fourth-order valence-electron chi connectivity index (χ4n) is 2.18. The Morgan fingerprint density at radius 2 is 1.79 bits per heavy atom. The minimum absolute atomic E-state index is 0.150. The molecule has 0 amide bonds. The molecule has 19 heavy (non-hydrogen) atoms. The maximum absolute atomic E-state index is 13.6. The summed E-state index contributed by atoms with van der Waals surface area (Å²) in [5.74, 6) is 0.926. The molecule has 2 aromatic rings. The monoisotopic (exact) mass is 281 g/mol. The molecule has 1 aromatic heterocycles. The average Bonchev–Trinajstić information content (AvgIpc) is 2.68. The first-order valence-corrected chi connectivity index (χ1v) is 6.62. The molecule has 0 bridgehead atoms. The van der Waals surface area contributed by atoms with Gasteiger partial charge < -0.3 is 0 Å². The molecule has 0 fully saturated rings. The van der Waals surface area contributed by atoms with Gasteiger partial charge in [0.25, 0.3) is 0 Å². The first-order chi connectivity index (χ1) is 8.90. The SMILES string of the molecule is Cc1cc(Cn2c(Cl)nnc2C(C)C)cc(C)c1F. The summed E-state index contributed by atoms with van der Waals surface area (Å²) in [5, 5.41) is 8.35. The van der Waals surface area contributed by atoms with Crippen LogP contribution in [0.1, 0.15) is 42.3 Å². The van der Waals surface area contributed by atoms with Crippen molar-refractivity contribution in [3.05, 3.63) is 45.7 Å². The van der Waals surface area contributed by atoms with Crippen molar-refractivity contribution < 1.29 is 4.39 Å².